The van der Waals surface area contributed by atoms with Gasteiger partial charge in [0, 0.05) is 6.07 Å². The van der Waals surface area contributed by atoms with E-state index in [4.69, 9.17) is 15.2 Å². The number of nitriles is 1. The molecule has 0 unspecified atom stereocenters. The molecule has 0 saturated carbocycles. The molecule has 2 aromatic carbocycles. The second-order valence-electron chi connectivity index (χ2n) is 5.25. The van der Waals surface area contributed by atoms with Crippen LogP contribution in [0.4, 0.5) is 5.69 Å². The number of benzene rings is 2. The zero-order valence-corrected chi connectivity index (χ0v) is 13.3. The van der Waals surface area contributed by atoms with Crippen LogP contribution < -0.4 is 15.2 Å². The van der Waals surface area contributed by atoms with Crippen LogP contribution in [-0.4, -0.2) is 11.7 Å². The zero-order valence-electron chi connectivity index (χ0n) is 13.3. The Labute approximate surface area is 140 Å². The minimum absolute atomic E-state index is 0.429. The van der Waals surface area contributed by atoms with E-state index in [1.165, 1.54) is 0 Å². The molecule has 0 saturated heterocycles. The molecule has 0 radical (unpaired) electrons. The zero-order chi connectivity index (χ0) is 16.9. The maximum atomic E-state index is 9.37. The standard InChI is InChI=1S/C19H17N3O2/c1-23-16-7-9-17(10-8-16)24-19-18(21)11-15(12-20)22(19)13-14-5-3-2-4-6-14/h2-11H,13,21H2,1H3. The fraction of sp³-hybridized carbons (Fsp3) is 0.105. The van der Waals surface area contributed by atoms with Crippen molar-refractivity contribution in [2.24, 2.45) is 0 Å². The molecule has 5 heteroatoms. The third-order valence-corrected chi connectivity index (χ3v) is 3.65. The molecule has 0 aliphatic rings. The predicted molar refractivity (Wildman–Crippen MR) is 92.2 cm³/mol. The largest absolute Gasteiger partial charge is 0.497 e. The van der Waals surface area contributed by atoms with Crippen molar-refractivity contribution in [2.45, 2.75) is 6.54 Å². The van der Waals surface area contributed by atoms with Gasteiger partial charge in [0.05, 0.1) is 19.3 Å². The summed E-state index contributed by atoms with van der Waals surface area (Å²) in [5.41, 5.74) is 8.00. The summed E-state index contributed by atoms with van der Waals surface area (Å²) in [5, 5.41) is 9.37. The van der Waals surface area contributed by atoms with Crippen molar-refractivity contribution in [3.63, 3.8) is 0 Å². The topological polar surface area (TPSA) is 73.2 Å². The Balaban J connectivity index is 1.94. The molecule has 3 rings (SSSR count). The van der Waals surface area contributed by atoms with E-state index in [0.717, 1.165) is 11.3 Å². The van der Waals surface area contributed by atoms with Crippen LogP contribution in [0.1, 0.15) is 11.3 Å². The minimum atomic E-state index is 0.429. The molecule has 0 bridgehead atoms. The first kappa shape index (κ1) is 15.5. The van der Waals surface area contributed by atoms with Crippen LogP contribution in [0.3, 0.4) is 0 Å². The Morgan fingerprint density at radius 3 is 2.33 bits per heavy atom. The first-order valence-electron chi connectivity index (χ1n) is 7.46. The van der Waals surface area contributed by atoms with Crippen molar-refractivity contribution >= 4 is 5.69 Å². The van der Waals surface area contributed by atoms with Gasteiger partial charge in [0.2, 0.25) is 5.88 Å². The summed E-state index contributed by atoms with van der Waals surface area (Å²) < 4.78 is 12.8. The fourth-order valence-corrected chi connectivity index (χ4v) is 2.44. The van der Waals surface area contributed by atoms with Crippen LogP contribution in [0.5, 0.6) is 17.4 Å². The van der Waals surface area contributed by atoms with Gasteiger partial charge in [-0.2, -0.15) is 5.26 Å². The highest BCUT2D eigenvalue weighted by Crippen LogP contribution is 2.32. The highest BCUT2D eigenvalue weighted by molar-refractivity contribution is 5.57. The van der Waals surface area contributed by atoms with E-state index >= 15 is 0 Å². The van der Waals surface area contributed by atoms with Crippen LogP contribution in [0.2, 0.25) is 0 Å². The third kappa shape index (κ3) is 3.18. The lowest BCUT2D eigenvalue weighted by atomic mass is 10.2. The molecule has 1 heterocycles. The molecule has 5 nitrogen and oxygen atoms in total. The average molecular weight is 319 g/mol. The first-order chi connectivity index (χ1) is 11.7. The van der Waals surface area contributed by atoms with E-state index in [1.54, 1.807) is 42.0 Å². The van der Waals surface area contributed by atoms with Gasteiger partial charge in [-0.3, -0.25) is 4.57 Å². The molecule has 120 valence electrons. The number of ether oxygens (including phenoxy) is 2. The van der Waals surface area contributed by atoms with Crippen LogP contribution in [0, 0.1) is 11.3 Å². The number of methoxy groups -OCH3 is 1. The molecule has 0 atom stereocenters. The Morgan fingerprint density at radius 2 is 1.71 bits per heavy atom. The van der Waals surface area contributed by atoms with E-state index in [-0.39, 0.29) is 0 Å². The molecule has 24 heavy (non-hydrogen) atoms. The van der Waals surface area contributed by atoms with Gasteiger partial charge >= 0.3 is 0 Å². The number of nitrogens with zero attached hydrogens (tertiary/aromatic N) is 2. The molecule has 0 aliphatic carbocycles. The Bertz CT molecular complexity index is 862. The van der Waals surface area contributed by atoms with Crippen molar-refractivity contribution in [3.05, 3.63) is 71.9 Å². The van der Waals surface area contributed by atoms with E-state index in [2.05, 4.69) is 6.07 Å². The van der Waals surface area contributed by atoms with E-state index in [9.17, 15) is 5.26 Å². The summed E-state index contributed by atoms with van der Waals surface area (Å²) in [6.45, 7) is 0.506. The third-order valence-electron chi connectivity index (χ3n) is 3.65. The summed E-state index contributed by atoms with van der Waals surface area (Å²) in [4.78, 5) is 0. The molecule has 0 amide bonds. The summed E-state index contributed by atoms with van der Waals surface area (Å²) in [7, 11) is 1.61. The maximum absolute atomic E-state index is 9.37. The van der Waals surface area contributed by atoms with Gasteiger partial charge in [0.25, 0.3) is 0 Å². The predicted octanol–water partition coefficient (Wildman–Crippen LogP) is 3.79. The Hall–Kier alpha value is -3.39. The first-order valence-corrected chi connectivity index (χ1v) is 7.46. The summed E-state index contributed by atoms with van der Waals surface area (Å²) in [6, 6.07) is 20.9. The molecule has 1 aromatic heterocycles. The quantitative estimate of drug-likeness (QED) is 0.776. The van der Waals surface area contributed by atoms with Crippen molar-refractivity contribution in [1.82, 2.24) is 4.57 Å². The van der Waals surface area contributed by atoms with Crippen LogP contribution in [0.15, 0.2) is 60.7 Å². The van der Waals surface area contributed by atoms with Gasteiger partial charge in [-0.1, -0.05) is 30.3 Å². The van der Waals surface area contributed by atoms with E-state index < -0.39 is 0 Å². The number of hydrogen-bond donors (Lipinski definition) is 1. The minimum Gasteiger partial charge on any atom is -0.497 e. The van der Waals surface area contributed by atoms with Crippen molar-refractivity contribution in [1.29, 1.82) is 5.26 Å². The van der Waals surface area contributed by atoms with Gasteiger partial charge < -0.3 is 15.2 Å². The number of anilines is 1. The normalized spacial score (nSPS) is 10.2. The molecule has 0 fully saturated rings. The molecule has 2 N–H and O–H groups in total. The monoisotopic (exact) mass is 319 g/mol. The molecular formula is C19H17N3O2. The van der Waals surface area contributed by atoms with E-state index in [0.29, 0.717) is 29.6 Å². The lowest BCUT2D eigenvalue weighted by Gasteiger charge is -2.13. The Kier molecular flexibility index (Phi) is 4.39. The molecule has 0 aliphatic heterocycles. The van der Waals surface area contributed by atoms with Gasteiger partial charge in [0.15, 0.2) is 0 Å². The number of rotatable bonds is 5. The molecular weight excluding hydrogens is 302 g/mol. The highest BCUT2D eigenvalue weighted by atomic mass is 16.5. The number of hydrogen-bond acceptors (Lipinski definition) is 4. The smallest absolute Gasteiger partial charge is 0.224 e. The summed E-state index contributed by atoms with van der Waals surface area (Å²) >= 11 is 0. The SMILES string of the molecule is COc1ccc(Oc2c(N)cc(C#N)n2Cc2ccccc2)cc1. The van der Waals surface area contributed by atoms with Gasteiger partial charge in [-0.15, -0.1) is 0 Å². The van der Waals surface area contributed by atoms with Crippen LogP contribution in [-0.2, 0) is 6.54 Å². The van der Waals surface area contributed by atoms with Gasteiger partial charge in [-0.05, 0) is 29.8 Å². The fourth-order valence-electron chi connectivity index (χ4n) is 2.44. The van der Waals surface area contributed by atoms with Crippen molar-refractivity contribution < 1.29 is 9.47 Å². The average Bonchev–Trinajstić information content (AvgIpc) is 2.92. The summed E-state index contributed by atoms with van der Waals surface area (Å²) in [6.07, 6.45) is 0. The molecule has 0 spiro atoms. The van der Waals surface area contributed by atoms with E-state index in [1.807, 2.05) is 30.3 Å². The Morgan fingerprint density at radius 1 is 1.04 bits per heavy atom. The number of nitrogen functional groups attached to an aromatic ring is 1. The van der Waals surface area contributed by atoms with Crippen LogP contribution >= 0.6 is 0 Å². The van der Waals surface area contributed by atoms with Gasteiger partial charge in [-0.25, -0.2) is 0 Å². The molecule has 3 aromatic rings. The number of aromatic nitrogens is 1. The van der Waals surface area contributed by atoms with Crippen molar-refractivity contribution in [3.8, 4) is 23.4 Å². The van der Waals surface area contributed by atoms with Crippen LogP contribution in [0.25, 0.3) is 0 Å². The maximum Gasteiger partial charge on any atom is 0.224 e. The second kappa shape index (κ2) is 6.80. The lowest BCUT2D eigenvalue weighted by Crippen LogP contribution is -2.05. The van der Waals surface area contributed by atoms with Crippen molar-refractivity contribution in [2.75, 3.05) is 12.8 Å². The highest BCUT2D eigenvalue weighted by Gasteiger charge is 2.16. The lowest BCUT2D eigenvalue weighted by molar-refractivity contribution is 0.410. The van der Waals surface area contributed by atoms with Gasteiger partial charge in [0.1, 0.15) is 23.3 Å². The summed E-state index contributed by atoms with van der Waals surface area (Å²) in [5.74, 6) is 1.83. The second-order valence-corrected chi connectivity index (χ2v) is 5.25. The number of nitrogens with two attached hydrogens (primary N) is 1.